The molecule has 2 rings (SSSR count). The SMILES string of the molecule is CC(C)C(NC(=O)c1c(F)cccc1F)C(=O)Nc1ccc(OC(F)F)c(Cl)c1. The lowest BCUT2D eigenvalue weighted by molar-refractivity contribution is -0.118. The molecule has 2 amide bonds. The van der Waals surface area contributed by atoms with Gasteiger partial charge in [0, 0.05) is 5.69 Å². The molecule has 10 heteroatoms. The monoisotopic (exact) mass is 432 g/mol. The van der Waals surface area contributed by atoms with Crippen LogP contribution >= 0.6 is 11.6 Å². The van der Waals surface area contributed by atoms with Crippen LogP contribution in [0.2, 0.25) is 5.02 Å². The summed E-state index contributed by atoms with van der Waals surface area (Å²) in [7, 11) is 0. The normalized spacial score (nSPS) is 12.0. The fraction of sp³-hybridized carbons (Fsp3) is 0.263. The summed E-state index contributed by atoms with van der Waals surface area (Å²) >= 11 is 5.84. The molecule has 0 saturated carbocycles. The number of rotatable bonds is 7. The Labute approximate surface area is 169 Å². The minimum Gasteiger partial charge on any atom is -0.433 e. The van der Waals surface area contributed by atoms with Crippen LogP contribution in [0.4, 0.5) is 23.2 Å². The van der Waals surface area contributed by atoms with Crippen molar-refractivity contribution in [2.45, 2.75) is 26.5 Å². The first-order valence-corrected chi connectivity index (χ1v) is 8.78. The lowest BCUT2D eigenvalue weighted by Gasteiger charge is -2.22. The van der Waals surface area contributed by atoms with Crippen LogP contribution in [0.5, 0.6) is 5.75 Å². The zero-order valence-corrected chi connectivity index (χ0v) is 16.1. The van der Waals surface area contributed by atoms with Crippen molar-refractivity contribution >= 4 is 29.1 Å². The van der Waals surface area contributed by atoms with Crippen LogP contribution in [0, 0.1) is 17.6 Å². The molecule has 0 aliphatic rings. The third kappa shape index (κ3) is 5.83. The van der Waals surface area contributed by atoms with Gasteiger partial charge in [-0.25, -0.2) is 8.78 Å². The lowest BCUT2D eigenvalue weighted by atomic mass is 10.0. The Balaban J connectivity index is 2.16. The zero-order valence-electron chi connectivity index (χ0n) is 15.3. The summed E-state index contributed by atoms with van der Waals surface area (Å²) in [5.74, 6) is -4.62. The van der Waals surface area contributed by atoms with Crippen molar-refractivity contribution in [2.24, 2.45) is 5.92 Å². The van der Waals surface area contributed by atoms with Crippen molar-refractivity contribution < 1.29 is 31.9 Å². The van der Waals surface area contributed by atoms with E-state index in [1.807, 2.05) is 0 Å². The van der Waals surface area contributed by atoms with Gasteiger partial charge in [-0.1, -0.05) is 31.5 Å². The van der Waals surface area contributed by atoms with Crippen molar-refractivity contribution in [2.75, 3.05) is 5.32 Å². The second kappa shape index (κ2) is 9.60. The number of halogens is 5. The van der Waals surface area contributed by atoms with Crippen molar-refractivity contribution in [3.63, 3.8) is 0 Å². The van der Waals surface area contributed by atoms with Gasteiger partial charge in [0.1, 0.15) is 29.0 Å². The highest BCUT2D eigenvalue weighted by Gasteiger charge is 2.27. The third-order valence-corrected chi connectivity index (χ3v) is 4.14. The van der Waals surface area contributed by atoms with Crippen molar-refractivity contribution in [1.82, 2.24) is 5.32 Å². The Kier molecular flexibility index (Phi) is 7.44. The van der Waals surface area contributed by atoms with Crippen LogP contribution in [-0.4, -0.2) is 24.5 Å². The van der Waals surface area contributed by atoms with Gasteiger partial charge in [0.25, 0.3) is 5.91 Å². The summed E-state index contributed by atoms with van der Waals surface area (Å²) < 4.78 is 56.4. The standard InChI is InChI=1S/C19H17ClF4N2O3/c1-9(2)16(26-17(27)15-12(21)4-3-5-13(15)22)18(28)25-10-6-7-14(11(20)8-10)29-19(23)24/h3-9,16,19H,1-2H3,(H,25,28)(H,26,27). The number of carbonyl (C=O) groups excluding carboxylic acids is 2. The van der Waals surface area contributed by atoms with Crippen molar-refractivity contribution in [1.29, 1.82) is 0 Å². The molecule has 1 atom stereocenters. The maximum absolute atomic E-state index is 13.8. The Morgan fingerprint density at radius 3 is 2.21 bits per heavy atom. The minimum atomic E-state index is -3.06. The Hall–Kier alpha value is -2.81. The van der Waals surface area contributed by atoms with Gasteiger partial charge in [-0.3, -0.25) is 9.59 Å². The van der Waals surface area contributed by atoms with E-state index in [-0.39, 0.29) is 16.5 Å². The van der Waals surface area contributed by atoms with E-state index in [9.17, 15) is 27.2 Å². The maximum atomic E-state index is 13.8. The number of amides is 2. The van der Waals surface area contributed by atoms with Gasteiger partial charge < -0.3 is 15.4 Å². The molecule has 0 aliphatic carbocycles. The van der Waals surface area contributed by atoms with E-state index in [1.54, 1.807) is 13.8 Å². The van der Waals surface area contributed by atoms with E-state index in [4.69, 9.17) is 11.6 Å². The number of hydrogen-bond acceptors (Lipinski definition) is 3. The Morgan fingerprint density at radius 1 is 1.07 bits per heavy atom. The molecule has 156 valence electrons. The molecule has 0 radical (unpaired) electrons. The highest BCUT2D eigenvalue weighted by Crippen LogP contribution is 2.29. The van der Waals surface area contributed by atoms with Crippen LogP contribution < -0.4 is 15.4 Å². The summed E-state index contributed by atoms with van der Waals surface area (Å²) in [6.45, 7) is 0.177. The van der Waals surface area contributed by atoms with E-state index >= 15 is 0 Å². The fourth-order valence-electron chi connectivity index (χ4n) is 2.45. The van der Waals surface area contributed by atoms with Gasteiger partial charge in [-0.05, 0) is 36.2 Å². The molecule has 0 heterocycles. The van der Waals surface area contributed by atoms with E-state index in [2.05, 4.69) is 15.4 Å². The van der Waals surface area contributed by atoms with Crippen molar-refractivity contribution in [3.8, 4) is 5.75 Å². The van der Waals surface area contributed by atoms with Crippen LogP contribution in [0.25, 0.3) is 0 Å². The van der Waals surface area contributed by atoms with Gasteiger partial charge >= 0.3 is 6.61 Å². The number of benzene rings is 2. The molecule has 1 unspecified atom stereocenters. The predicted octanol–water partition coefficient (Wildman–Crippen LogP) is 4.61. The summed E-state index contributed by atoms with van der Waals surface area (Å²) in [5, 5.41) is 4.60. The van der Waals surface area contributed by atoms with E-state index < -0.39 is 47.6 Å². The van der Waals surface area contributed by atoms with E-state index in [0.29, 0.717) is 0 Å². The molecule has 5 nitrogen and oxygen atoms in total. The number of hydrogen-bond donors (Lipinski definition) is 2. The molecule has 2 N–H and O–H groups in total. The van der Waals surface area contributed by atoms with Crippen LogP contribution in [0.15, 0.2) is 36.4 Å². The van der Waals surface area contributed by atoms with Crippen LogP contribution in [-0.2, 0) is 4.79 Å². The number of alkyl halides is 2. The second-order valence-electron chi connectivity index (χ2n) is 6.30. The summed E-state index contributed by atoms with van der Waals surface area (Å²) in [6, 6.07) is 5.42. The average Bonchev–Trinajstić information content (AvgIpc) is 2.61. The highest BCUT2D eigenvalue weighted by atomic mass is 35.5. The van der Waals surface area contributed by atoms with Gasteiger partial charge in [-0.15, -0.1) is 0 Å². The molecule has 29 heavy (non-hydrogen) atoms. The van der Waals surface area contributed by atoms with E-state index in [1.165, 1.54) is 12.1 Å². The van der Waals surface area contributed by atoms with Gasteiger partial charge in [0.15, 0.2) is 0 Å². The molecule has 2 aromatic rings. The summed E-state index contributed by atoms with van der Waals surface area (Å²) in [4.78, 5) is 24.8. The number of nitrogens with one attached hydrogen (secondary N) is 2. The smallest absolute Gasteiger partial charge is 0.387 e. The van der Waals surface area contributed by atoms with E-state index in [0.717, 1.165) is 24.3 Å². The molecule has 2 aromatic carbocycles. The van der Waals surface area contributed by atoms with Gasteiger partial charge in [0.2, 0.25) is 5.91 Å². The fourth-order valence-corrected chi connectivity index (χ4v) is 2.68. The minimum absolute atomic E-state index is 0.151. The Morgan fingerprint density at radius 2 is 1.69 bits per heavy atom. The first-order valence-electron chi connectivity index (χ1n) is 8.40. The average molecular weight is 433 g/mol. The van der Waals surface area contributed by atoms with Gasteiger partial charge in [0.05, 0.1) is 5.02 Å². The van der Waals surface area contributed by atoms with Crippen molar-refractivity contribution in [3.05, 3.63) is 58.6 Å². The quantitative estimate of drug-likeness (QED) is 0.628. The number of anilines is 1. The van der Waals surface area contributed by atoms with Gasteiger partial charge in [-0.2, -0.15) is 8.78 Å². The lowest BCUT2D eigenvalue weighted by Crippen LogP contribution is -2.47. The molecule has 0 aromatic heterocycles. The third-order valence-electron chi connectivity index (χ3n) is 3.84. The molecule has 0 saturated heterocycles. The summed E-state index contributed by atoms with van der Waals surface area (Å²) in [5.41, 5.74) is -0.652. The molecule has 0 aliphatic heterocycles. The van der Waals surface area contributed by atoms with Crippen LogP contribution in [0.3, 0.4) is 0 Å². The predicted molar refractivity (Wildman–Crippen MR) is 99.2 cm³/mol. The second-order valence-corrected chi connectivity index (χ2v) is 6.71. The zero-order chi connectivity index (χ0) is 21.7. The Bertz CT molecular complexity index is 889. The molecular weight excluding hydrogens is 416 g/mol. The van der Waals surface area contributed by atoms with Crippen LogP contribution in [0.1, 0.15) is 24.2 Å². The number of carbonyl (C=O) groups is 2. The first kappa shape index (κ1) is 22.5. The highest BCUT2D eigenvalue weighted by molar-refractivity contribution is 6.32. The molecule has 0 bridgehead atoms. The largest absolute Gasteiger partial charge is 0.433 e. The molecular formula is C19H17ClF4N2O3. The molecule has 0 spiro atoms. The molecule has 0 fully saturated rings. The topological polar surface area (TPSA) is 67.4 Å². The maximum Gasteiger partial charge on any atom is 0.387 e. The number of ether oxygens (including phenoxy) is 1. The summed E-state index contributed by atoms with van der Waals surface area (Å²) in [6.07, 6.45) is 0. The first-order chi connectivity index (χ1) is 13.6.